The molecule has 117 heavy (non-hydrogen) atoms. The van der Waals surface area contributed by atoms with Crippen LogP contribution in [0.3, 0.4) is 0 Å². The summed E-state index contributed by atoms with van der Waals surface area (Å²) in [5.74, 6) is -22.8. The second-order valence-corrected chi connectivity index (χ2v) is 28.1. The topological polar surface area (TPSA) is 716 Å². The third kappa shape index (κ3) is 33.2. The summed E-state index contributed by atoms with van der Waals surface area (Å²) in [5, 5.41) is 98.9. The van der Waals surface area contributed by atoms with Crippen LogP contribution in [-0.2, 0) is 106 Å². The second-order valence-electron chi connectivity index (χ2n) is 28.1. The molecule has 4 rings (SSSR count). The molecule has 640 valence electrons. The first-order valence-corrected chi connectivity index (χ1v) is 37.3. The van der Waals surface area contributed by atoms with Crippen LogP contribution >= 0.6 is 0 Å². The van der Waals surface area contributed by atoms with E-state index in [9.17, 15) is 112 Å². The lowest BCUT2D eigenvalue weighted by Crippen LogP contribution is -2.63. The number of phenols is 1. The number of aromatic hydroxyl groups is 1. The Morgan fingerprint density at radius 1 is 0.453 bits per heavy atom. The number of nitrogens with zero attached hydrogens (tertiary/aromatic N) is 1. The number of carbonyl (C=O) groups is 18. The van der Waals surface area contributed by atoms with Gasteiger partial charge in [0.1, 0.15) is 84.3 Å². The number of benzene rings is 3. The van der Waals surface area contributed by atoms with Crippen LogP contribution in [0.2, 0.25) is 0 Å². The van der Waals surface area contributed by atoms with Crippen molar-refractivity contribution in [2.75, 3.05) is 19.6 Å². The molecule has 1 saturated heterocycles. The number of amides is 15. The normalized spacial score (nSPS) is 15.9. The van der Waals surface area contributed by atoms with Gasteiger partial charge in [0.05, 0.1) is 31.6 Å². The molecule has 0 aliphatic carbocycles. The number of nitrogens with two attached hydrogens (primary N) is 4. The lowest BCUT2D eigenvalue weighted by molar-refractivity contribution is -0.144. The highest BCUT2D eigenvalue weighted by Gasteiger charge is 2.43. The fourth-order valence-corrected chi connectivity index (χ4v) is 12.0. The van der Waals surface area contributed by atoms with Crippen molar-refractivity contribution in [3.63, 3.8) is 0 Å². The summed E-state index contributed by atoms with van der Waals surface area (Å²) >= 11 is 0. The van der Waals surface area contributed by atoms with Gasteiger partial charge in [-0.2, -0.15) is 0 Å². The van der Waals surface area contributed by atoms with E-state index < -0.39 is 261 Å². The van der Waals surface area contributed by atoms with E-state index >= 15 is 0 Å². The first kappa shape index (κ1) is 96.4. The number of phenolic OH excluding ortho intramolecular Hbond substituents is 1. The van der Waals surface area contributed by atoms with E-state index in [1.807, 2.05) is 0 Å². The van der Waals surface area contributed by atoms with E-state index in [1.165, 1.54) is 45.0 Å². The van der Waals surface area contributed by atoms with E-state index in [0.29, 0.717) is 11.1 Å². The highest BCUT2D eigenvalue weighted by Crippen LogP contribution is 2.22. The van der Waals surface area contributed by atoms with Crippen molar-refractivity contribution in [2.24, 2.45) is 28.9 Å². The molecule has 0 bridgehead atoms. The lowest BCUT2D eigenvalue weighted by Gasteiger charge is -2.31. The summed E-state index contributed by atoms with van der Waals surface area (Å²) in [7, 11) is 0. The van der Waals surface area contributed by atoms with Gasteiger partial charge in [0.25, 0.3) is 0 Å². The second kappa shape index (κ2) is 47.7. The van der Waals surface area contributed by atoms with E-state index in [2.05, 4.69) is 69.1 Å². The molecule has 1 fully saturated rings. The van der Waals surface area contributed by atoms with Crippen LogP contribution in [0.5, 0.6) is 5.75 Å². The quantitative estimate of drug-likeness (QED) is 0.0142. The van der Waals surface area contributed by atoms with Crippen molar-refractivity contribution in [1.82, 2.24) is 74.0 Å². The number of aliphatic carboxylic acids is 3. The van der Waals surface area contributed by atoms with Gasteiger partial charge in [0.2, 0.25) is 88.6 Å². The maximum absolute atomic E-state index is 14.8. The summed E-state index contributed by atoms with van der Waals surface area (Å²) < 4.78 is 0. The molecule has 0 spiro atoms. The van der Waals surface area contributed by atoms with Crippen LogP contribution in [0.4, 0.5) is 0 Å². The van der Waals surface area contributed by atoms with Crippen LogP contribution < -0.4 is 92.1 Å². The van der Waals surface area contributed by atoms with E-state index in [4.69, 9.17) is 33.5 Å². The molecule has 43 nitrogen and oxygen atoms in total. The van der Waals surface area contributed by atoms with Gasteiger partial charge in [-0.25, -0.2) is 4.79 Å². The van der Waals surface area contributed by atoms with Gasteiger partial charge >= 0.3 is 17.9 Å². The van der Waals surface area contributed by atoms with Crippen LogP contribution in [0.1, 0.15) is 116 Å². The maximum atomic E-state index is 14.8. The smallest absolute Gasteiger partial charge is 0.326 e. The Kier molecular flexibility index (Phi) is 39.3. The van der Waals surface area contributed by atoms with Crippen molar-refractivity contribution in [1.29, 1.82) is 5.41 Å². The number of primary amides is 2. The summed E-state index contributed by atoms with van der Waals surface area (Å²) in [6, 6.07) is -0.821. The molecule has 1 aliphatic heterocycles. The monoisotopic (exact) mass is 1640 g/mol. The Labute approximate surface area is 671 Å². The summed E-state index contributed by atoms with van der Waals surface area (Å²) in [5.41, 5.74) is 23.4. The Bertz CT molecular complexity index is 4030. The average Bonchev–Trinajstić information content (AvgIpc) is 1.55. The van der Waals surface area contributed by atoms with Gasteiger partial charge in [-0.15, -0.1) is 0 Å². The van der Waals surface area contributed by atoms with Crippen LogP contribution in [0.15, 0.2) is 84.9 Å². The highest BCUT2D eigenvalue weighted by atomic mass is 16.4. The number of aliphatic hydroxyl groups excluding tert-OH is 2. The molecular formula is C74H105N19O24. The zero-order valence-electron chi connectivity index (χ0n) is 64.9. The molecule has 15 atom stereocenters. The van der Waals surface area contributed by atoms with Crippen LogP contribution in [0.25, 0.3) is 0 Å². The lowest BCUT2D eigenvalue weighted by atomic mass is 9.99. The number of rotatable bonds is 49. The molecule has 43 heteroatoms. The Morgan fingerprint density at radius 3 is 1.32 bits per heavy atom. The van der Waals surface area contributed by atoms with Gasteiger partial charge in [0.15, 0.2) is 5.96 Å². The molecule has 3 aromatic carbocycles. The van der Waals surface area contributed by atoms with Crippen molar-refractivity contribution in [2.45, 2.75) is 209 Å². The Hall–Kier alpha value is -12.9. The molecular weight excluding hydrogens is 1540 g/mol. The molecule has 15 amide bonds. The number of nitrogens with one attached hydrogen (secondary N) is 14. The fraction of sp³-hybridized carbons (Fsp3) is 0.500. The number of guanidine groups is 1. The molecule has 0 unspecified atom stereocenters. The van der Waals surface area contributed by atoms with Crippen LogP contribution in [0, 0.1) is 11.3 Å². The summed E-state index contributed by atoms with van der Waals surface area (Å²) in [4.78, 5) is 245. The van der Waals surface area contributed by atoms with Crippen molar-refractivity contribution in [3.05, 3.63) is 102 Å². The molecule has 0 saturated carbocycles. The summed E-state index contributed by atoms with van der Waals surface area (Å²) in [6.07, 6.45) is -9.48. The van der Waals surface area contributed by atoms with Crippen molar-refractivity contribution in [3.8, 4) is 5.75 Å². The van der Waals surface area contributed by atoms with E-state index in [1.54, 1.807) is 60.7 Å². The zero-order chi connectivity index (χ0) is 87.5. The molecule has 1 heterocycles. The first-order chi connectivity index (χ1) is 55.1. The van der Waals surface area contributed by atoms with E-state index in [-0.39, 0.29) is 62.9 Å². The highest BCUT2D eigenvalue weighted by molar-refractivity contribution is 6.02. The SMILES string of the molecule is CC(C)[C@H](NC(=O)[C@H](CC(N)=O)NC(=O)[C@H](Cc1ccc(O)cc1)NC(=O)[C@H](CCCNC(=N)N)NC(=O)[C@@H]1CCCN1C(=O)[C@H](CCC(=O)O)NC(=O)[C@H](CC(N)=O)NC(=O)[C@@H](NC(=O)[C@@H](NC(=O)[C@H](Cc1ccccc1)NC(=O)CN)[C@@H](C)O)[C@@H](C)O)C(=O)N[C@@H](Cc1ccccc1)C(=O)N[C@@H](C)C(=O)N[C@@H](CCC(=O)O)C(=O)O. The minimum absolute atomic E-state index is 0.0584. The van der Waals surface area contributed by atoms with Crippen molar-refractivity contribution < 1.29 is 117 Å². The van der Waals surface area contributed by atoms with Gasteiger partial charge < -0.3 is 128 Å². The third-order valence-electron chi connectivity index (χ3n) is 18.2. The number of hydrogen-bond donors (Lipinski definition) is 24. The van der Waals surface area contributed by atoms with Crippen LogP contribution in [-0.4, -0.2) is 258 Å². The summed E-state index contributed by atoms with van der Waals surface area (Å²) in [6.45, 7) is 5.39. The Morgan fingerprint density at radius 2 is 0.846 bits per heavy atom. The number of hydrogen-bond acceptors (Lipinski definition) is 23. The standard InChI is InChI=1S/C74H105N19O24/c1-36(2)58(69(112)88-48(31-41-16-10-7-11-17-41)63(106)81-37(3)61(104)85-46(73(116)117)25-27-57(102)103)90-67(110)51(34-54(77)98)87-64(107)49(32-42-20-22-43(96)23-21-42)86-62(105)44(18-12-28-80-74(78)79)83-68(111)52-19-13-29-93(52)72(115)45(24-26-56(100)101)84-65(108)50(33-53(76)97)89-70(113)59(38(4)94)92-71(114)60(39(5)95)91-66(109)47(82-55(99)35-75)30-40-14-8-6-9-15-40/h6-11,14-17,20-23,36-39,44-52,58-60,94-96H,12-13,18-19,24-35,75H2,1-5H3,(H2,76,97)(H2,77,98)(H,81,106)(H,82,99)(H,83,111)(H,84,108)(H,85,104)(H,86,105)(H,87,107)(H,88,112)(H,89,113)(H,90,110)(H,91,109)(H,92,114)(H,100,101)(H,102,103)(H,116,117)(H4,78,79,80)/t37-,38+,39+,44-,45-,46-,47-,48-,49-,50-,51-,52-,58-,59-,60-/m0/s1. The number of carbonyl (C=O) groups excluding carboxylic acids is 15. The molecule has 1 aliphatic rings. The number of aliphatic hydroxyl groups is 2. The zero-order valence-corrected chi connectivity index (χ0v) is 64.9. The minimum Gasteiger partial charge on any atom is -0.508 e. The molecule has 0 aromatic heterocycles. The minimum atomic E-state index is -2.07. The number of carboxylic acids is 3. The number of likely N-dealkylation sites (tertiary alicyclic amines) is 1. The van der Waals surface area contributed by atoms with Gasteiger partial charge in [0, 0.05) is 45.2 Å². The fourth-order valence-electron chi connectivity index (χ4n) is 12.0. The van der Waals surface area contributed by atoms with E-state index in [0.717, 1.165) is 18.7 Å². The van der Waals surface area contributed by atoms with Gasteiger partial charge in [-0.3, -0.25) is 86.9 Å². The number of carboxylic acid groups (broad SMARTS) is 3. The predicted molar refractivity (Wildman–Crippen MR) is 411 cm³/mol. The molecule has 0 radical (unpaired) electrons. The predicted octanol–water partition coefficient (Wildman–Crippen LogP) is -7.55. The first-order valence-electron chi connectivity index (χ1n) is 37.3. The molecule has 28 N–H and O–H groups in total. The molecule has 3 aromatic rings. The third-order valence-corrected chi connectivity index (χ3v) is 18.2. The largest absolute Gasteiger partial charge is 0.508 e. The van der Waals surface area contributed by atoms with Gasteiger partial charge in [-0.05, 0) is 94.0 Å². The average molecular weight is 1640 g/mol. The Balaban J connectivity index is 1.62. The van der Waals surface area contributed by atoms with Crippen molar-refractivity contribution >= 4 is 112 Å². The maximum Gasteiger partial charge on any atom is 0.326 e. The van der Waals surface area contributed by atoms with Gasteiger partial charge in [-0.1, -0.05) is 86.6 Å².